The lowest BCUT2D eigenvalue weighted by Crippen LogP contribution is -2.39. The number of hydrogen-bond donors (Lipinski definition) is 1. The molecule has 0 saturated carbocycles. The zero-order chi connectivity index (χ0) is 22.1. The summed E-state index contributed by atoms with van der Waals surface area (Å²) >= 11 is 3.25. The van der Waals surface area contributed by atoms with Crippen LogP contribution in [0.2, 0.25) is 0 Å². The molecule has 2 N–H and O–H groups in total. The van der Waals surface area contributed by atoms with Crippen molar-refractivity contribution in [3.63, 3.8) is 0 Å². The predicted octanol–water partition coefficient (Wildman–Crippen LogP) is 5.07. The summed E-state index contributed by atoms with van der Waals surface area (Å²) in [6.07, 6.45) is 1.58. The summed E-state index contributed by atoms with van der Waals surface area (Å²) in [7, 11) is 0. The van der Waals surface area contributed by atoms with Gasteiger partial charge < -0.3 is 5.73 Å². The molecule has 9 heteroatoms. The van der Waals surface area contributed by atoms with Crippen LogP contribution in [0.15, 0.2) is 62.6 Å². The second kappa shape index (κ2) is 8.57. The average molecular weight is 453 g/mol. The number of nitriles is 1. The van der Waals surface area contributed by atoms with Gasteiger partial charge in [0.2, 0.25) is 0 Å². The largest absolute Gasteiger partial charge is 0.384 e. The zero-order valence-electron chi connectivity index (χ0n) is 16.8. The molecule has 4 rings (SSSR count). The Hall–Kier alpha value is -3.09. The predicted molar refractivity (Wildman–Crippen MR) is 122 cm³/mol. The molecule has 1 aliphatic heterocycles. The quantitative estimate of drug-likeness (QED) is 0.382. The molecule has 0 amide bonds. The highest BCUT2D eigenvalue weighted by Gasteiger charge is 2.42. The van der Waals surface area contributed by atoms with Gasteiger partial charge in [0.05, 0.1) is 26.7 Å². The molecule has 0 radical (unpaired) electrons. The number of para-hydroxylation sites is 2. The Morgan fingerprint density at radius 1 is 1.35 bits per heavy atom. The number of nitrogens with zero attached hydrogens (tertiary/aromatic N) is 3. The molecule has 0 spiro atoms. The van der Waals surface area contributed by atoms with E-state index in [2.05, 4.69) is 13.0 Å². The first-order valence-corrected chi connectivity index (χ1v) is 11.8. The van der Waals surface area contributed by atoms with Crippen LogP contribution in [0.3, 0.4) is 0 Å². The van der Waals surface area contributed by atoms with Gasteiger partial charge in [-0.15, -0.1) is 23.1 Å². The Labute approximate surface area is 188 Å². The van der Waals surface area contributed by atoms with Crippen LogP contribution in [0.1, 0.15) is 37.7 Å². The van der Waals surface area contributed by atoms with Gasteiger partial charge in [0.15, 0.2) is 5.78 Å². The Kier molecular flexibility index (Phi) is 5.85. The standard InChI is InChI=1S/C22H20N4O3S2/c1-2-30-22-13(10-11-31-22)19-14(12-23)21(24)25(17-8-5-9-18(27)20(17)19)15-6-3-4-7-16(15)26(28)29/h3-4,6-7,10-11,19H,2,5,8-9,24H2,1H3/t19-/m1/s1. The van der Waals surface area contributed by atoms with E-state index in [-0.39, 0.29) is 28.6 Å². The molecular formula is C22H20N4O3S2. The highest BCUT2D eigenvalue weighted by molar-refractivity contribution is 8.01. The lowest BCUT2D eigenvalue weighted by Gasteiger charge is -2.39. The van der Waals surface area contributed by atoms with Crippen molar-refractivity contribution in [1.29, 1.82) is 5.26 Å². The van der Waals surface area contributed by atoms with E-state index >= 15 is 0 Å². The van der Waals surface area contributed by atoms with Crippen molar-refractivity contribution in [3.05, 3.63) is 74.1 Å². The lowest BCUT2D eigenvalue weighted by molar-refractivity contribution is -0.384. The second-order valence-corrected chi connectivity index (χ2v) is 9.61. The molecule has 31 heavy (non-hydrogen) atoms. The summed E-state index contributed by atoms with van der Waals surface area (Å²) in [5.74, 6) is 0.429. The van der Waals surface area contributed by atoms with Crippen molar-refractivity contribution in [2.75, 3.05) is 10.7 Å². The Morgan fingerprint density at radius 3 is 2.84 bits per heavy atom. The molecule has 2 heterocycles. The second-order valence-electron chi connectivity index (χ2n) is 7.16. The van der Waals surface area contributed by atoms with Gasteiger partial charge in [-0.25, -0.2) is 0 Å². The number of ketones is 1. The van der Waals surface area contributed by atoms with Gasteiger partial charge in [0.25, 0.3) is 5.69 Å². The third-order valence-corrected chi connectivity index (χ3v) is 7.63. The first-order chi connectivity index (χ1) is 15.0. The van der Waals surface area contributed by atoms with Crippen molar-refractivity contribution in [1.82, 2.24) is 0 Å². The SMILES string of the molecule is CCSc1sccc1[C@@H]1C(C#N)=C(N)N(c2ccccc2[N+](=O)[O-])C2=C1C(=O)CCC2. The third-order valence-electron chi connectivity index (χ3n) is 5.48. The van der Waals surface area contributed by atoms with Gasteiger partial charge in [-0.3, -0.25) is 19.8 Å². The number of carbonyl (C=O) groups excluding carboxylic acids is 1. The van der Waals surface area contributed by atoms with E-state index in [9.17, 15) is 20.2 Å². The van der Waals surface area contributed by atoms with Crippen LogP contribution in [0.5, 0.6) is 0 Å². The first-order valence-electron chi connectivity index (χ1n) is 9.89. The van der Waals surface area contributed by atoms with Crippen LogP contribution in [-0.4, -0.2) is 16.5 Å². The van der Waals surface area contributed by atoms with Crippen LogP contribution in [0.4, 0.5) is 11.4 Å². The minimum Gasteiger partial charge on any atom is -0.384 e. The molecular weight excluding hydrogens is 432 g/mol. The molecule has 2 aliphatic rings. The Balaban J connectivity index is 1.99. The van der Waals surface area contributed by atoms with E-state index in [0.717, 1.165) is 15.5 Å². The topological polar surface area (TPSA) is 113 Å². The fraction of sp³-hybridized carbons (Fsp3) is 0.273. The number of anilines is 1. The summed E-state index contributed by atoms with van der Waals surface area (Å²) in [5.41, 5.74) is 9.02. The molecule has 0 unspecified atom stereocenters. The molecule has 0 fully saturated rings. The van der Waals surface area contributed by atoms with Crippen LogP contribution >= 0.6 is 23.1 Å². The van der Waals surface area contributed by atoms with E-state index in [1.807, 2.05) is 11.4 Å². The molecule has 1 aromatic heterocycles. The highest BCUT2D eigenvalue weighted by Crippen LogP contribution is 2.50. The molecule has 7 nitrogen and oxygen atoms in total. The van der Waals surface area contributed by atoms with Crippen LogP contribution in [0.25, 0.3) is 0 Å². The molecule has 1 atom stereocenters. The van der Waals surface area contributed by atoms with Crippen molar-refractivity contribution < 1.29 is 9.72 Å². The number of hydrogen-bond acceptors (Lipinski definition) is 8. The van der Waals surface area contributed by atoms with Crippen molar-refractivity contribution in [2.45, 2.75) is 36.3 Å². The highest BCUT2D eigenvalue weighted by atomic mass is 32.2. The summed E-state index contributed by atoms with van der Waals surface area (Å²) in [6, 6.07) is 10.4. The van der Waals surface area contributed by atoms with Gasteiger partial charge in [-0.05, 0) is 41.7 Å². The van der Waals surface area contributed by atoms with E-state index < -0.39 is 10.8 Å². The maximum Gasteiger partial charge on any atom is 0.293 e. The molecule has 0 bridgehead atoms. The number of rotatable bonds is 5. The van der Waals surface area contributed by atoms with Crippen LogP contribution in [-0.2, 0) is 4.79 Å². The fourth-order valence-electron chi connectivity index (χ4n) is 4.25. The summed E-state index contributed by atoms with van der Waals surface area (Å²) in [4.78, 5) is 25.9. The maximum absolute atomic E-state index is 13.2. The normalized spacial score (nSPS) is 18.8. The zero-order valence-corrected chi connectivity index (χ0v) is 18.5. The number of thioether (sulfide) groups is 1. The number of allylic oxidation sites excluding steroid dienone is 3. The van der Waals surface area contributed by atoms with Gasteiger partial charge in [0, 0.05) is 23.8 Å². The van der Waals surface area contributed by atoms with E-state index in [1.54, 1.807) is 46.2 Å². The van der Waals surface area contributed by atoms with E-state index in [0.29, 0.717) is 30.5 Å². The number of thiophene rings is 1. The number of Topliss-reactive ketones (excluding diaryl/α,β-unsaturated/α-hetero) is 1. The maximum atomic E-state index is 13.2. The van der Waals surface area contributed by atoms with Gasteiger partial charge in [-0.1, -0.05) is 19.1 Å². The lowest BCUT2D eigenvalue weighted by atomic mass is 9.76. The Morgan fingerprint density at radius 2 is 2.13 bits per heavy atom. The van der Waals surface area contributed by atoms with E-state index in [1.165, 1.54) is 6.07 Å². The smallest absolute Gasteiger partial charge is 0.293 e. The third kappa shape index (κ3) is 3.52. The number of nitro benzene ring substituents is 1. The van der Waals surface area contributed by atoms with Gasteiger partial charge in [0.1, 0.15) is 11.5 Å². The van der Waals surface area contributed by atoms with Crippen molar-refractivity contribution >= 4 is 40.3 Å². The number of nitrogens with two attached hydrogens (primary N) is 1. The van der Waals surface area contributed by atoms with Crippen LogP contribution < -0.4 is 10.6 Å². The van der Waals surface area contributed by atoms with Crippen molar-refractivity contribution in [3.8, 4) is 6.07 Å². The molecule has 1 aromatic carbocycles. The Bertz CT molecular complexity index is 1180. The minimum atomic E-state index is -0.549. The van der Waals surface area contributed by atoms with Crippen molar-refractivity contribution in [2.24, 2.45) is 5.73 Å². The summed E-state index contributed by atoms with van der Waals surface area (Å²) in [5, 5.41) is 23.7. The molecule has 158 valence electrons. The molecule has 2 aromatic rings. The van der Waals surface area contributed by atoms with Crippen LogP contribution in [0, 0.1) is 21.4 Å². The summed E-state index contributed by atoms with van der Waals surface area (Å²) < 4.78 is 1.05. The average Bonchev–Trinajstić information content (AvgIpc) is 3.21. The number of carbonyl (C=O) groups is 1. The summed E-state index contributed by atoms with van der Waals surface area (Å²) in [6.45, 7) is 2.05. The first kappa shape index (κ1) is 21.2. The molecule has 0 saturated heterocycles. The number of nitro groups is 1. The van der Waals surface area contributed by atoms with Gasteiger partial charge >= 0.3 is 0 Å². The number of benzene rings is 1. The van der Waals surface area contributed by atoms with Gasteiger partial charge in [-0.2, -0.15) is 5.26 Å². The molecule has 1 aliphatic carbocycles. The van der Waals surface area contributed by atoms with E-state index in [4.69, 9.17) is 5.73 Å². The monoisotopic (exact) mass is 452 g/mol. The fourth-order valence-corrected chi connectivity index (χ4v) is 6.32. The minimum absolute atomic E-state index is 0.0336.